The largest absolute Gasteiger partial charge is 0.334 e. The van der Waals surface area contributed by atoms with Crippen molar-refractivity contribution in [1.29, 1.82) is 0 Å². The van der Waals surface area contributed by atoms with Crippen molar-refractivity contribution >= 4 is 5.91 Å². The molecule has 28 heavy (non-hydrogen) atoms. The van der Waals surface area contributed by atoms with E-state index in [1.54, 1.807) is 24.4 Å². The summed E-state index contributed by atoms with van der Waals surface area (Å²) in [6.45, 7) is 2.69. The van der Waals surface area contributed by atoms with Gasteiger partial charge >= 0.3 is 0 Å². The van der Waals surface area contributed by atoms with Gasteiger partial charge in [-0.15, -0.1) is 0 Å². The van der Waals surface area contributed by atoms with Gasteiger partial charge in [-0.1, -0.05) is 18.2 Å². The van der Waals surface area contributed by atoms with Gasteiger partial charge in [0.1, 0.15) is 5.82 Å². The molecular formula is C22H23FN4O. The Hall–Kier alpha value is -3.02. The lowest BCUT2D eigenvalue weighted by atomic mass is 9.93. The number of aromatic amines is 1. The predicted molar refractivity (Wildman–Crippen MR) is 105 cm³/mol. The van der Waals surface area contributed by atoms with E-state index in [1.165, 1.54) is 6.07 Å². The number of aryl methyl sites for hydroxylation is 1. The summed E-state index contributed by atoms with van der Waals surface area (Å²) in [5.74, 6) is -0.388. The number of carbonyl (C=O) groups excluding carboxylic acids is 1. The molecule has 1 amide bonds. The minimum absolute atomic E-state index is 0.0539. The molecule has 0 aliphatic carbocycles. The second-order valence-corrected chi connectivity index (χ2v) is 7.25. The smallest absolute Gasteiger partial charge is 0.227 e. The van der Waals surface area contributed by atoms with Crippen molar-refractivity contribution in [3.8, 4) is 11.1 Å². The van der Waals surface area contributed by atoms with Crippen molar-refractivity contribution in [3.05, 3.63) is 71.6 Å². The van der Waals surface area contributed by atoms with E-state index in [2.05, 4.69) is 15.2 Å². The van der Waals surface area contributed by atoms with E-state index >= 15 is 0 Å². The molecule has 3 heterocycles. The maximum atomic E-state index is 14.0. The van der Waals surface area contributed by atoms with E-state index in [-0.39, 0.29) is 24.2 Å². The van der Waals surface area contributed by atoms with E-state index in [4.69, 9.17) is 0 Å². The Balaban J connectivity index is 1.64. The lowest BCUT2D eigenvalue weighted by Crippen LogP contribution is -2.39. The molecule has 0 unspecified atom stereocenters. The highest BCUT2D eigenvalue weighted by Gasteiger charge is 2.31. The first kappa shape index (κ1) is 18.3. The number of halogens is 1. The Morgan fingerprint density at radius 3 is 2.89 bits per heavy atom. The third-order valence-electron chi connectivity index (χ3n) is 5.44. The molecule has 0 spiro atoms. The van der Waals surface area contributed by atoms with Gasteiger partial charge in [0.25, 0.3) is 0 Å². The van der Waals surface area contributed by atoms with Gasteiger partial charge in [0.15, 0.2) is 0 Å². The van der Waals surface area contributed by atoms with Crippen molar-refractivity contribution in [1.82, 2.24) is 20.1 Å². The second kappa shape index (κ2) is 7.92. The Labute approximate surface area is 163 Å². The number of carbonyl (C=O) groups is 1. The number of likely N-dealkylation sites (tertiary alicyclic amines) is 1. The van der Waals surface area contributed by atoms with Crippen LogP contribution in [0.15, 0.2) is 48.9 Å². The monoisotopic (exact) mass is 378 g/mol. The molecule has 1 saturated heterocycles. The predicted octanol–water partition coefficient (Wildman–Crippen LogP) is 4.22. The fourth-order valence-electron chi connectivity index (χ4n) is 3.98. The van der Waals surface area contributed by atoms with Crippen molar-refractivity contribution < 1.29 is 9.18 Å². The van der Waals surface area contributed by atoms with Crippen LogP contribution in [0.25, 0.3) is 11.1 Å². The standard InChI is InChI=1S/C22H23FN4O/c1-15-13-24-10-9-17(15)18-14-25-26-22(18)20-8-4-5-11-27(20)21(28)12-16-6-2-3-7-19(16)23/h2-3,6-7,9-10,13-14,20H,4-5,8,11-12H2,1H3,(H,25,26)/t20-/m0/s1. The Morgan fingerprint density at radius 1 is 1.21 bits per heavy atom. The van der Waals surface area contributed by atoms with Crippen molar-refractivity contribution in [2.75, 3.05) is 6.54 Å². The number of amides is 1. The highest BCUT2D eigenvalue weighted by molar-refractivity contribution is 5.80. The lowest BCUT2D eigenvalue weighted by Gasteiger charge is -2.36. The fraction of sp³-hybridized carbons (Fsp3) is 0.318. The van der Waals surface area contributed by atoms with Gasteiger partial charge in [0.05, 0.1) is 24.4 Å². The van der Waals surface area contributed by atoms with Gasteiger partial charge in [-0.05, 0) is 55.0 Å². The van der Waals surface area contributed by atoms with Crippen molar-refractivity contribution in [3.63, 3.8) is 0 Å². The second-order valence-electron chi connectivity index (χ2n) is 7.25. The van der Waals surface area contributed by atoms with E-state index in [9.17, 15) is 9.18 Å². The summed E-state index contributed by atoms with van der Waals surface area (Å²) in [5.41, 5.74) is 4.49. The first-order chi connectivity index (χ1) is 13.6. The van der Waals surface area contributed by atoms with Crippen LogP contribution in [0.4, 0.5) is 4.39 Å². The van der Waals surface area contributed by atoms with Gasteiger partial charge in [-0.25, -0.2) is 4.39 Å². The number of nitrogens with zero attached hydrogens (tertiary/aromatic N) is 3. The van der Waals surface area contributed by atoms with E-state index in [0.29, 0.717) is 12.1 Å². The quantitative estimate of drug-likeness (QED) is 0.740. The molecule has 1 aliphatic rings. The molecule has 2 aromatic heterocycles. The molecule has 6 heteroatoms. The average molecular weight is 378 g/mol. The zero-order chi connectivity index (χ0) is 19.5. The molecule has 1 atom stereocenters. The summed E-state index contributed by atoms with van der Waals surface area (Å²) in [6.07, 6.45) is 8.34. The molecule has 1 aromatic carbocycles. The minimum atomic E-state index is -0.334. The molecule has 5 nitrogen and oxygen atoms in total. The molecule has 0 bridgehead atoms. The SMILES string of the molecule is Cc1cnccc1-c1cn[nH]c1[C@@H]1CCCCN1C(=O)Cc1ccccc1F. The highest BCUT2D eigenvalue weighted by Crippen LogP contribution is 2.36. The van der Waals surface area contributed by atoms with Gasteiger partial charge in [-0.3, -0.25) is 14.9 Å². The number of benzene rings is 1. The zero-order valence-electron chi connectivity index (χ0n) is 15.9. The van der Waals surface area contributed by atoms with Crippen molar-refractivity contribution in [2.45, 2.75) is 38.6 Å². The Kier molecular flexibility index (Phi) is 5.19. The first-order valence-electron chi connectivity index (χ1n) is 9.62. The molecule has 1 N–H and O–H groups in total. The number of nitrogens with one attached hydrogen (secondary N) is 1. The van der Waals surface area contributed by atoms with Crippen LogP contribution in [0.1, 0.15) is 42.1 Å². The van der Waals surface area contributed by atoms with Crippen LogP contribution in [0.2, 0.25) is 0 Å². The normalized spacial score (nSPS) is 16.9. The minimum Gasteiger partial charge on any atom is -0.334 e. The number of piperidine rings is 1. The van der Waals surface area contributed by atoms with Crippen LogP contribution < -0.4 is 0 Å². The molecule has 1 aliphatic heterocycles. The molecule has 0 saturated carbocycles. The molecule has 144 valence electrons. The number of hydrogen-bond donors (Lipinski definition) is 1. The maximum absolute atomic E-state index is 14.0. The maximum Gasteiger partial charge on any atom is 0.227 e. The topological polar surface area (TPSA) is 61.9 Å². The summed E-state index contributed by atoms with van der Waals surface area (Å²) < 4.78 is 14.0. The Morgan fingerprint density at radius 2 is 2.07 bits per heavy atom. The van der Waals surface area contributed by atoms with Gasteiger partial charge in [-0.2, -0.15) is 5.10 Å². The van der Waals surface area contributed by atoms with Gasteiger partial charge in [0, 0.05) is 24.5 Å². The van der Waals surface area contributed by atoms with Crippen LogP contribution in [0.3, 0.4) is 0 Å². The number of aromatic nitrogens is 3. The first-order valence-corrected chi connectivity index (χ1v) is 9.62. The van der Waals surface area contributed by atoms with E-state index in [1.807, 2.05) is 30.3 Å². The summed E-state index contributed by atoms with van der Waals surface area (Å²) in [5, 5.41) is 7.39. The van der Waals surface area contributed by atoms with Crippen LogP contribution in [-0.4, -0.2) is 32.5 Å². The van der Waals surface area contributed by atoms with Crippen LogP contribution in [0.5, 0.6) is 0 Å². The van der Waals surface area contributed by atoms with E-state index < -0.39 is 0 Å². The molecule has 4 rings (SSSR count). The number of hydrogen-bond acceptors (Lipinski definition) is 3. The number of rotatable bonds is 4. The summed E-state index contributed by atoms with van der Waals surface area (Å²) in [7, 11) is 0. The third kappa shape index (κ3) is 3.54. The summed E-state index contributed by atoms with van der Waals surface area (Å²) >= 11 is 0. The summed E-state index contributed by atoms with van der Waals surface area (Å²) in [4.78, 5) is 19.1. The van der Waals surface area contributed by atoms with E-state index in [0.717, 1.165) is 41.6 Å². The number of H-pyrrole nitrogens is 1. The summed E-state index contributed by atoms with van der Waals surface area (Å²) in [6, 6.07) is 8.36. The lowest BCUT2D eigenvalue weighted by molar-refractivity contribution is -0.134. The molecule has 0 radical (unpaired) electrons. The highest BCUT2D eigenvalue weighted by atomic mass is 19.1. The fourth-order valence-corrected chi connectivity index (χ4v) is 3.98. The van der Waals surface area contributed by atoms with Crippen molar-refractivity contribution in [2.24, 2.45) is 0 Å². The molecular weight excluding hydrogens is 355 g/mol. The van der Waals surface area contributed by atoms with Gasteiger partial charge < -0.3 is 4.90 Å². The Bertz CT molecular complexity index is 984. The molecule has 3 aromatic rings. The van der Waals surface area contributed by atoms with Crippen LogP contribution in [0, 0.1) is 12.7 Å². The molecule has 1 fully saturated rings. The van der Waals surface area contributed by atoms with Gasteiger partial charge in [0.2, 0.25) is 5.91 Å². The average Bonchev–Trinajstić information content (AvgIpc) is 3.19. The van der Waals surface area contributed by atoms with Crippen LogP contribution >= 0.6 is 0 Å². The zero-order valence-corrected chi connectivity index (χ0v) is 15.9. The van der Waals surface area contributed by atoms with Crippen LogP contribution in [-0.2, 0) is 11.2 Å². The number of pyridine rings is 1. The third-order valence-corrected chi connectivity index (χ3v) is 5.44.